The van der Waals surface area contributed by atoms with Crippen molar-refractivity contribution in [2.24, 2.45) is 11.3 Å². The van der Waals surface area contributed by atoms with Crippen molar-refractivity contribution < 1.29 is 9.59 Å². The maximum Gasteiger partial charge on any atom is 0.229 e. The summed E-state index contributed by atoms with van der Waals surface area (Å²) in [5, 5.41) is 4.80. The van der Waals surface area contributed by atoms with Crippen molar-refractivity contribution in [1.82, 2.24) is 15.2 Å². The molecule has 7 heteroatoms. The standard InChI is InChI=1S/C25H29N5O2/c1-25(24(32)29-15-13-28-14-16-29)10-7-21(23(31)18-25)22(17-19-8-11-27-12-9-19)30(26)20-5-3-2-4-6-20/h2-9,11-12,17,28H,10,13-16,18,26H2,1H3/b22-17-. The van der Waals surface area contributed by atoms with E-state index in [1.807, 2.05) is 66.4 Å². The van der Waals surface area contributed by atoms with Crippen LogP contribution in [0, 0.1) is 5.41 Å². The van der Waals surface area contributed by atoms with Gasteiger partial charge in [-0.25, -0.2) is 5.84 Å². The summed E-state index contributed by atoms with van der Waals surface area (Å²) >= 11 is 0. The highest BCUT2D eigenvalue weighted by atomic mass is 16.2. The van der Waals surface area contributed by atoms with E-state index in [2.05, 4.69) is 10.3 Å². The van der Waals surface area contributed by atoms with Crippen molar-refractivity contribution in [3.63, 3.8) is 0 Å². The molecule has 0 radical (unpaired) electrons. The number of carbonyl (C=O) groups is 2. The zero-order valence-electron chi connectivity index (χ0n) is 18.3. The average molecular weight is 432 g/mol. The third kappa shape index (κ3) is 4.64. The molecule has 1 aromatic carbocycles. The molecule has 1 aliphatic heterocycles. The summed E-state index contributed by atoms with van der Waals surface area (Å²) in [7, 11) is 0. The van der Waals surface area contributed by atoms with Crippen LogP contribution in [0.2, 0.25) is 0 Å². The molecule has 1 fully saturated rings. The average Bonchev–Trinajstić information content (AvgIpc) is 2.84. The number of amides is 1. The third-order valence-electron chi connectivity index (χ3n) is 6.11. The number of anilines is 1. The first-order chi connectivity index (χ1) is 15.5. The van der Waals surface area contributed by atoms with Crippen LogP contribution in [0.15, 0.2) is 72.2 Å². The number of rotatable bonds is 5. The van der Waals surface area contributed by atoms with E-state index in [0.717, 1.165) is 24.3 Å². The molecule has 1 saturated heterocycles. The number of benzene rings is 1. The van der Waals surface area contributed by atoms with E-state index in [1.165, 1.54) is 5.01 Å². The van der Waals surface area contributed by atoms with Crippen molar-refractivity contribution in [3.05, 3.63) is 77.8 Å². The van der Waals surface area contributed by atoms with Gasteiger partial charge < -0.3 is 10.2 Å². The highest BCUT2D eigenvalue weighted by Gasteiger charge is 2.42. The van der Waals surface area contributed by atoms with Gasteiger partial charge in [-0.1, -0.05) is 31.2 Å². The first-order valence-electron chi connectivity index (χ1n) is 10.9. The number of nitrogens with zero attached hydrogens (tertiary/aromatic N) is 3. The van der Waals surface area contributed by atoms with Gasteiger partial charge in [0.25, 0.3) is 0 Å². The molecule has 32 heavy (non-hydrogen) atoms. The van der Waals surface area contributed by atoms with E-state index in [4.69, 9.17) is 5.84 Å². The fraction of sp³-hybridized carbons (Fsp3) is 0.320. The largest absolute Gasteiger partial charge is 0.340 e. The highest BCUT2D eigenvalue weighted by molar-refractivity contribution is 6.05. The first-order valence-corrected chi connectivity index (χ1v) is 10.9. The Balaban J connectivity index is 1.66. The summed E-state index contributed by atoms with van der Waals surface area (Å²) in [6.45, 7) is 4.82. The number of hydrazine groups is 1. The zero-order chi connectivity index (χ0) is 22.6. The maximum atomic E-state index is 13.4. The van der Waals surface area contributed by atoms with Crippen molar-refractivity contribution in [2.75, 3.05) is 31.2 Å². The quantitative estimate of drug-likeness (QED) is 0.558. The van der Waals surface area contributed by atoms with Crippen LogP contribution in [0.4, 0.5) is 5.69 Å². The van der Waals surface area contributed by atoms with E-state index < -0.39 is 5.41 Å². The maximum absolute atomic E-state index is 13.4. The summed E-state index contributed by atoms with van der Waals surface area (Å²) in [5.41, 5.74) is 2.07. The Morgan fingerprint density at radius 3 is 2.50 bits per heavy atom. The Morgan fingerprint density at radius 1 is 1.16 bits per heavy atom. The van der Waals surface area contributed by atoms with E-state index in [-0.39, 0.29) is 18.1 Å². The number of allylic oxidation sites excluding steroid dienone is 2. The van der Waals surface area contributed by atoms with E-state index in [9.17, 15) is 9.59 Å². The van der Waals surface area contributed by atoms with E-state index in [1.54, 1.807) is 12.4 Å². The predicted molar refractivity (Wildman–Crippen MR) is 125 cm³/mol. The van der Waals surface area contributed by atoms with Gasteiger partial charge in [-0.3, -0.25) is 19.6 Å². The van der Waals surface area contributed by atoms with Crippen LogP contribution in [0.25, 0.3) is 6.08 Å². The summed E-state index contributed by atoms with van der Waals surface area (Å²) in [6.07, 6.45) is 7.83. The van der Waals surface area contributed by atoms with Crippen LogP contribution in [-0.4, -0.2) is 47.8 Å². The number of piperazine rings is 1. The molecule has 2 aliphatic rings. The van der Waals surface area contributed by atoms with Crippen molar-refractivity contribution >= 4 is 23.5 Å². The highest BCUT2D eigenvalue weighted by Crippen LogP contribution is 2.38. The molecule has 3 N–H and O–H groups in total. The number of nitrogens with two attached hydrogens (primary N) is 1. The Morgan fingerprint density at radius 2 is 1.84 bits per heavy atom. The zero-order valence-corrected chi connectivity index (χ0v) is 18.3. The number of carbonyl (C=O) groups excluding carboxylic acids is 2. The molecule has 1 amide bonds. The van der Waals surface area contributed by atoms with Gasteiger partial charge in [0.15, 0.2) is 5.78 Å². The second-order valence-corrected chi connectivity index (χ2v) is 8.54. The van der Waals surface area contributed by atoms with Gasteiger partial charge in [-0.15, -0.1) is 0 Å². The molecule has 4 rings (SSSR count). The topological polar surface area (TPSA) is 91.6 Å². The Kier molecular flexibility index (Phi) is 6.48. The van der Waals surface area contributed by atoms with Crippen LogP contribution in [0.5, 0.6) is 0 Å². The fourth-order valence-electron chi connectivity index (χ4n) is 4.25. The molecule has 1 aliphatic carbocycles. The van der Waals surface area contributed by atoms with Gasteiger partial charge in [-0.2, -0.15) is 0 Å². The minimum Gasteiger partial charge on any atom is -0.340 e. The van der Waals surface area contributed by atoms with Gasteiger partial charge in [0.05, 0.1) is 16.8 Å². The lowest BCUT2D eigenvalue weighted by Gasteiger charge is -2.38. The van der Waals surface area contributed by atoms with E-state index >= 15 is 0 Å². The number of para-hydroxylation sites is 1. The molecule has 166 valence electrons. The number of aromatic nitrogens is 1. The molecule has 1 aromatic heterocycles. The molecule has 0 spiro atoms. The van der Waals surface area contributed by atoms with Crippen LogP contribution in [0.1, 0.15) is 25.3 Å². The lowest BCUT2D eigenvalue weighted by atomic mass is 9.74. The molecule has 0 saturated carbocycles. The molecule has 2 heterocycles. The van der Waals surface area contributed by atoms with Crippen LogP contribution >= 0.6 is 0 Å². The van der Waals surface area contributed by atoms with Gasteiger partial charge in [-0.05, 0) is 42.3 Å². The number of Topliss-reactive ketones (excluding diaryl/α,β-unsaturated/α-hetero) is 1. The van der Waals surface area contributed by atoms with Crippen molar-refractivity contribution in [3.8, 4) is 0 Å². The number of pyridine rings is 1. The Hall–Kier alpha value is -3.29. The van der Waals surface area contributed by atoms with Crippen molar-refractivity contribution in [1.29, 1.82) is 0 Å². The lowest BCUT2D eigenvalue weighted by Crippen LogP contribution is -2.52. The summed E-state index contributed by atoms with van der Waals surface area (Å²) in [4.78, 5) is 32.5. The monoisotopic (exact) mass is 431 g/mol. The molecule has 2 aromatic rings. The Bertz CT molecular complexity index is 1030. The normalized spacial score (nSPS) is 21.8. The minimum atomic E-state index is -0.730. The molecular weight excluding hydrogens is 402 g/mol. The SMILES string of the molecule is CC1(C(=O)N2CCNCC2)CC=C(/C(=C/c2ccncc2)N(N)c2ccccc2)C(=O)C1. The molecule has 1 atom stereocenters. The second-order valence-electron chi connectivity index (χ2n) is 8.54. The first kappa shape index (κ1) is 21.9. The summed E-state index contributed by atoms with van der Waals surface area (Å²) in [6, 6.07) is 13.2. The number of nitrogens with one attached hydrogen (secondary N) is 1. The van der Waals surface area contributed by atoms with E-state index in [0.29, 0.717) is 30.8 Å². The molecule has 0 bridgehead atoms. The van der Waals surface area contributed by atoms with Crippen molar-refractivity contribution in [2.45, 2.75) is 19.8 Å². The van der Waals surface area contributed by atoms with Crippen LogP contribution < -0.4 is 16.2 Å². The van der Waals surface area contributed by atoms with Crippen LogP contribution in [0.3, 0.4) is 0 Å². The molecular formula is C25H29N5O2. The van der Waals surface area contributed by atoms with Gasteiger partial charge in [0.1, 0.15) is 0 Å². The van der Waals surface area contributed by atoms with Gasteiger partial charge in [0, 0.05) is 50.6 Å². The fourth-order valence-corrected chi connectivity index (χ4v) is 4.25. The predicted octanol–water partition coefficient (Wildman–Crippen LogP) is 2.53. The summed E-state index contributed by atoms with van der Waals surface area (Å²) in [5.74, 6) is 6.47. The van der Waals surface area contributed by atoms with Gasteiger partial charge in [0.2, 0.25) is 5.91 Å². The minimum absolute atomic E-state index is 0.0509. The number of hydrogen-bond donors (Lipinski definition) is 2. The number of hydrogen-bond acceptors (Lipinski definition) is 6. The summed E-state index contributed by atoms with van der Waals surface area (Å²) < 4.78 is 0. The lowest BCUT2D eigenvalue weighted by molar-refractivity contribution is -0.144. The van der Waals surface area contributed by atoms with Crippen LogP contribution in [-0.2, 0) is 9.59 Å². The van der Waals surface area contributed by atoms with Gasteiger partial charge >= 0.3 is 0 Å². The third-order valence-corrected chi connectivity index (χ3v) is 6.11. The molecule has 1 unspecified atom stereocenters. The second kappa shape index (κ2) is 9.46. The molecule has 7 nitrogen and oxygen atoms in total. The number of ketones is 1. The Labute approximate surface area is 188 Å². The smallest absolute Gasteiger partial charge is 0.229 e.